The maximum Gasteiger partial charge on any atom is 0.263 e. The van der Waals surface area contributed by atoms with Crippen LogP contribution in [0, 0.1) is 13.8 Å². The maximum absolute atomic E-state index is 13.0. The molecule has 0 atom stereocenters. The van der Waals surface area contributed by atoms with E-state index in [0.717, 1.165) is 22.4 Å². The first-order valence-corrected chi connectivity index (χ1v) is 14.0. The maximum atomic E-state index is 13.0. The van der Waals surface area contributed by atoms with Gasteiger partial charge >= 0.3 is 0 Å². The van der Waals surface area contributed by atoms with Crippen molar-refractivity contribution in [1.29, 1.82) is 0 Å². The van der Waals surface area contributed by atoms with E-state index in [4.69, 9.17) is 11.6 Å². The Hall–Kier alpha value is -3.26. The quantitative estimate of drug-likeness (QED) is 0.232. The molecule has 0 radical (unpaired) electrons. The lowest BCUT2D eigenvalue weighted by atomic mass is 10.1. The lowest BCUT2D eigenvalue weighted by Crippen LogP contribution is -2.17. The number of hydrogen-bond donors (Lipinski definition) is 2. The third-order valence-electron chi connectivity index (χ3n) is 5.56. The lowest BCUT2D eigenvalue weighted by molar-refractivity contribution is 0.102. The van der Waals surface area contributed by atoms with Crippen LogP contribution >= 0.6 is 23.4 Å². The highest BCUT2D eigenvalue weighted by Crippen LogP contribution is 2.28. The number of benzene rings is 4. The summed E-state index contributed by atoms with van der Waals surface area (Å²) in [7, 11) is -4.00. The second-order valence-corrected chi connectivity index (χ2v) is 11.4. The van der Waals surface area contributed by atoms with Crippen LogP contribution in [0.15, 0.2) is 101 Å². The summed E-state index contributed by atoms with van der Waals surface area (Å²) in [6, 6.07) is 27.3. The molecule has 0 heterocycles. The van der Waals surface area contributed by atoms with Crippen molar-refractivity contribution in [2.75, 3.05) is 10.0 Å². The van der Waals surface area contributed by atoms with Crippen LogP contribution in [-0.4, -0.2) is 14.3 Å². The van der Waals surface area contributed by atoms with Gasteiger partial charge in [0.15, 0.2) is 0 Å². The predicted octanol–water partition coefficient (Wildman–Crippen LogP) is 7.30. The summed E-state index contributed by atoms with van der Waals surface area (Å²) in [5.41, 5.74) is 4.12. The number of carbonyl (C=O) groups is 1. The minimum Gasteiger partial charge on any atom is -0.322 e. The van der Waals surface area contributed by atoms with Gasteiger partial charge in [-0.05, 0) is 73.0 Å². The molecule has 1 amide bonds. The van der Waals surface area contributed by atoms with Crippen molar-refractivity contribution >= 4 is 50.7 Å². The van der Waals surface area contributed by atoms with Gasteiger partial charge in [-0.25, -0.2) is 8.42 Å². The van der Waals surface area contributed by atoms with E-state index in [9.17, 15) is 13.2 Å². The number of anilines is 2. The molecule has 0 spiro atoms. The Labute approximate surface area is 221 Å². The number of hydrogen-bond acceptors (Lipinski definition) is 4. The van der Waals surface area contributed by atoms with Crippen LogP contribution in [0.2, 0.25) is 5.02 Å². The molecular weight excluding hydrogens is 512 g/mol. The number of thioether (sulfide) groups is 1. The van der Waals surface area contributed by atoms with Gasteiger partial charge in [-0.3, -0.25) is 9.52 Å². The third kappa shape index (κ3) is 6.29. The Morgan fingerprint density at radius 1 is 0.833 bits per heavy atom. The number of halogens is 1. The van der Waals surface area contributed by atoms with E-state index in [1.165, 1.54) is 23.1 Å². The number of nitrogens with one attached hydrogen (secondary N) is 2. The summed E-state index contributed by atoms with van der Waals surface area (Å²) >= 11 is 7.96. The van der Waals surface area contributed by atoms with Crippen molar-refractivity contribution in [1.82, 2.24) is 0 Å². The molecule has 36 heavy (non-hydrogen) atoms. The van der Waals surface area contributed by atoms with Gasteiger partial charge in [0.2, 0.25) is 0 Å². The van der Waals surface area contributed by atoms with Crippen LogP contribution < -0.4 is 10.0 Å². The Morgan fingerprint density at radius 3 is 2.28 bits per heavy atom. The summed E-state index contributed by atoms with van der Waals surface area (Å²) in [5, 5.41) is 2.91. The average Bonchev–Trinajstić information content (AvgIpc) is 2.86. The van der Waals surface area contributed by atoms with E-state index in [-0.39, 0.29) is 15.5 Å². The minimum atomic E-state index is -4.00. The van der Waals surface area contributed by atoms with Gasteiger partial charge in [0, 0.05) is 21.9 Å². The number of carbonyl (C=O) groups excluding carboxylic acids is 1. The van der Waals surface area contributed by atoms with E-state index in [2.05, 4.69) is 22.2 Å². The van der Waals surface area contributed by atoms with Crippen molar-refractivity contribution in [3.63, 3.8) is 0 Å². The standard InChI is InChI=1S/C28H25ClN2O3S2/c1-19-8-6-7-11-26(19)31-36(33,34)27-17-22(13-14-24(27)29)28(32)30-25-15-12-21(16-20(25)2)18-35-23-9-4-3-5-10-23/h3-17,31H,18H2,1-2H3,(H,30,32). The van der Waals surface area contributed by atoms with Crippen LogP contribution in [0.3, 0.4) is 0 Å². The number of para-hydroxylation sites is 1. The highest BCUT2D eigenvalue weighted by Gasteiger charge is 2.21. The molecule has 184 valence electrons. The number of amides is 1. The molecule has 0 aliphatic rings. The minimum absolute atomic E-state index is 0.0316. The summed E-state index contributed by atoms with van der Waals surface area (Å²) in [6.07, 6.45) is 0. The number of aryl methyl sites for hydroxylation is 2. The molecule has 4 rings (SSSR count). The molecule has 0 aliphatic heterocycles. The normalized spacial score (nSPS) is 11.2. The molecule has 4 aromatic carbocycles. The lowest BCUT2D eigenvalue weighted by Gasteiger charge is -2.14. The van der Waals surface area contributed by atoms with E-state index in [0.29, 0.717) is 11.4 Å². The smallest absolute Gasteiger partial charge is 0.263 e. The van der Waals surface area contributed by atoms with E-state index in [1.54, 1.807) is 36.9 Å². The van der Waals surface area contributed by atoms with Crippen molar-refractivity contribution in [3.05, 3.63) is 118 Å². The van der Waals surface area contributed by atoms with Crippen LogP contribution in [0.4, 0.5) is 11.4 Å². The van der Waals surface area contributed by atoms with Gasteiger partial charge < -0.3 is 5.32 Å². The number of rotatable bonds is 8. The highest BCUT2D eigenvalue weighted by atomic mass is 35.5. The Morgan fingerprint density at radius 2 is 1.56 bits per heavy atom. The zero-order valence-corrected chi connectivity index (χ0v) is 22.2. The van der Waals surface area contributed by atoms with Gasteiger partial charge in [0.1, 0.15) is 4.90 Å². The molecular formula is C28H25ClN2O3S2. The van der Waals surface area contributed by atoms with Gasteiger partial charge in [0.05, 0.1) is 10.7 Å². The fourth-order valence-electron chi connectivity index (χ4n) is 3.57. The summed E-state index contributed by atoms with van der Waals surface area (Å²) < 4.78 is 28.6. The molecule has 4 aromatic rings. The fraction of sp³-hybridized carbons (Fsp3) is 0.107. The zero-order chi connectivity index (χ0) is 25.7. The van der Waals surface area contributed by atoms with E-state index < -0.39 is 15.9 Å². The molecule has 0 saturated heterocycles. The first-order valence-electron chi connectivity index (χ1n) is 11.2. The predicted molar refractivity (Wildman–Crippen MR) is 149 cm³/mol. The Kier molecular flexibility index (Phi) is 8.04. The highest BCUT2D eigenvalue weighted by molar-refractivity contribution is 7.98. The van der Waals surface area contributed by atoms with Crippen molar-refractivity contribution in [2.45, 2.75) is 29.4 Å². The van der Waals surface area contributed by atoms with Crippen LogP contribution in [0.1, 0.15) is 27.0 Å². The van der Waals surface area contributed by atoms with Crippen LogP contribution in [-0.2, 0) is 15.8 Å². The Balaban J connectivity index is 1.49. The van der Waals surface area contributed by atoms with Crippen LogP contribution in [0.5, 0.6) is 0 Å². The van der Waals surface area contributed by atoms with Crippen molar-refractivity contribution < 1.29 is 13.2 Å². The molecule has 0 fully saturated rings. The van der Waals surface area contributed by atoms with Gasteiger partial charge in [-0.2, -0.15) is 0 Å². The molecule has 0 saturated carbocycles. The van der Waals surface area contributed by atoms with E-state index >= 15 is 0 Å². The van der Waals surface area contributed by atoms with Gasteiger partial charge in [-0.15, -0.1) is 11.8 Å². The van der Waals surface area contributed by atoms with Crippen LogP contribution in [0.25, 0.3) is 0 Å². The summed E-state index contributed by atoms with van der Waals surface area (Å²) in [4.78, 5) is 14.0. The molecule has 2 N–H and O–H groups in total. The molecule has 0 aliphatic carbocycles. The first-order chi connectivity index (χ1) is 17.2. The SMILES string of the molecule is Cc1cc(CSc2ccccc2)ccc1NC(=O)c1ccc(Cl)c(S(=O)(=O)Nc2ccccc2C)c1. The molecule has 8 heteroatoms. The zero-order valence-electron chi connectivity index (χ0n) is 19.8. The monoisotopic (exact) mass is 536 g/mol. The second-order valence-electron chi connectivity index (χ2n) is 8.27. The third-order valence-corrected chi connectivity index (χ3v) is 8.49. The Bertz CT molecular complexity index is 1510. The van der Waals surface area contributed by atoms with E-state index in [1.807, 2.05) is 49.4 Å². The van der Waals surface area contributed by atoms with Crippen molar-refractivity contribution in [2.24, 2.45) is 0 Å². The first kappa shape index (κ1) is 25.8. The molecule has 0 bridgehead atoms. The topological polar surface area (TPSA) is 75.3 Å². The number of sulfonamides is 1. The van der Waals surface area contributed by atoms with Gasteiger partial charge in [0.25, 0.3) is 15.9 Å². The summed E-state index contributed by atoms with van der Waals surface area (Å²) in [5.74, 6) is 0.388. The van der Waals surface area contributed by atoms with Gasteiger partial charge in [-0.1, -0.05) is 60.1 Å². The molecule has 0 aromatic heterocycles. The van der Waals surface area contributed by atoms with Crippen molar-refractivity contribution in [3.8, 4) is 0 Å². The summed E-state index contributed by atoms with van der Waals surface area (Å²) in [6.45, 7) is 3.73. The second kappa shape index (κ2) is 11.2. The fourth-order valence-corrected chi connectivity index (χ4v) is 6.09. The molecule has 0 unspecified atom stereocenters. The average molecular weight is 537 g/mol. The molecule has 5 nitrogen and oxygen atoms in total. The largest absolute Gasteiger partial charge is 0.322 e.